The molecular weight excluding hydrogens is 300 g/mol. The first-order chi connectivity index (χ1) is 11.1. The molecule has 1 aromatic rings. The molecule has 0 saturated carbocycles. The summed E-state index contributed by atoms with van der Waals surface area (Å²) < 4.78 is 10.1. The van der Waals surface area contributed by atoms with Crippen molar-refractivity contribution in [2.45, 2.75) is 26.3 Å². The van der Waals surface area contributed by atoms with Crippen molar-refractivity contribution in [3.8, 4) is 5.75 Å². The van der Waals surface area contributed by atoms with Crippen LogP contribution in [0.5, 0.6) is 5.75 Å². The molecule has 7 nitrogen and oxygen atoms in total. The van der Waals surface area contributed by atoms with Crippen molar-refractivity contribution in [3.05, 3.63) is 24.3 Å². The number of hydrogen-bond donors (Lipinski definition) is 1. The zero-order valence-corrected chi connectivity index (χ0v) is 13.2. The number of nitrogens with one attached hydrogen (secondary N) is 1. The minimum atomic E-state index is -0.710. The maximum absolute atomic E-state index is 12.4. The van der Waals surface area contributed by atoms with Gasteiger partial charge in [0.1, 0.15) is 5.75 Å². The molecule has 2 amide bonds. The van der Waals surface area contributed by atoms with Gasteiger partial charge in [0.25, 0.3) is 5.91 Å². The number of carbonyl (C=O) groups is 3. The van der Waals surface area contributed by atoms with Crippen molar-refractivity contribution in [2.75, 3.05) is 24.7 Å². The van der Waals surface area contributed by atoms with Crippen molar-refractivity contribution < 1.29 is 23.9 Å². The molecule has 1 atom stereocenters. The molecule has 1 aromatic carbocycles. The van der Waals surface area contributed by atoms with Crippen molar-refractivity contribution >= 4 is 23.5 Å². The van der Waals surface area contributed by atoms with Gasteiger partial charge in [0.05, 0.1) is 37.9 Å². The second-order valence-corrected chi connectivity index (χ2v) is 4.94. The van der Waals surface area contributed by atoms with Crippen LogP contribution < -0.4 is 15.0 Å². The summed E-state index contributed by atoms with van der Waals surface area (Å²) in [6, 6.07) is 6.03. The molecule has 0 unspecified atom stereocenters. The lowest BCUT2D eigenvalue weighted by Gasteiger charge is -2.16. The Balaban J connectivity index is 2.01. The first-order valence-corrected chi connectivity index (χ1v) is 7.55. The normalized spacial score (nSPS) is 17.5. The molecule has 1 saturated heterocycles. The molecule has 1 heterocycles. The highest BCUT2D eigenvalue weighted by Gasteiger charge is 2.39. The second kappa shape index (κ2) is 7.73. The standard InChI is InChI=1S/C16H20N2O5/c1-3-22-12-7-5-11(6-8-12)18-14(19)9-13(16(18)21)17-10-15(20)23-4-2/h5-8,13,17H,3-4,9-10H2,1-2H3/t13-/m1/s1. The Morgan fingerprint density at radius 2 is 1.91 bits per heavy atom. The summed E-state index contributed by atoms with van der Waals surface area (Å²) >= 11 is 0. The largest absolute Gasteiger partial charge is 0.494 e. The highest BCUT2D eigenvalue weighted by Crippen LogP contribution is 2.25. The first kappa shape index (κ1) is 17.0. The van der Waals surface area contributed by atoms with Crippen LogP contribution in [0, 0.1) is 0 Å². The summed E-state index contributed by atoms with van der Waals surface area (Å²) in [7, 11) is 0. The van der Waals surface area contributed by atoms with Crippen molar-refractivity contribution in [1.29, 1.82) is 0 Å². The van der Waals surface area contributed by atoms with Gasteiger partial charge in [-0.2, -0.15) is 0 Å². The summed E-state index contributed by atoms with van der Waals surface area (Å²) in [4.78, 5) is 36.9. The number of amides is 2. The van der Waals surface area contributed by atoms with Crippen LogP contribution in [0.1, 0.15) is 20.3 Å². The van der Waals surface area contributed by atoms with Crippen LogP contribution in [0.25, 0.3) is 0 Å². The average molecular weight is 320 g/mol. The van der Waals surface area contributed by atoms with Crippen LogP contribution in [0.4, 0.5) is 5.69 Å². The van der Waals surface area contributed by atoms with Gasteiger partial charge in [-0.05, 0) is 38.1 Å². The van der Waals surface area contributed by atoms with E-state index < -0.39 is 12.0 Å². The third kappa shape index (κ3) is 4.07. The molecule has 0 aromatic heterocycles. The number of nitrogens with zero attached hydrogens (tertiary/aromatic N) is 1. The number of hydrogen-bond acceptors (Lipinski definition) is 6. The van der Waals surface area contributed by atoms with Crippen molar-refractivity contribution in [2.24, 2.45) is 0 Å². The van der Waals surface area contributed by atoms with Crippen LogP contribution in [0.2, 0.25) is 0 Å². The van der Waals surface area contributed by atoms with Crippen molar-refractivity contribution in [1.82, 2.24) is 5.32 Å². The highest BCUT2D eigenvalue weighted by molar-refractivity contribution is 6.22. The quantitative estimate of drug-likeness (QED) is 0.593. The lowest BCUT2D eigenvalue weighted by molar-refractivity contribution is -0.142. The Bertz CT molecular complexity index is 585. The zero-order valence-electron chi connectivity index (χ0n) is 13.2. The number of anilines is 1. The Labute approximate surface area is 134 Å². The first-order valence-electron chi connectivity index (χ1n) is 7.55. The van der Waals surface area contributed by atoms with Gasteiger partial charge in [0.15, 0.2) is 0 Å². The SMILES string of the molecule is CCOC(=O)CN[C@@H]1CC(=O)N(c2ccc(OCC)cc2)C1=O. The topological polar surface area (TPSA) is 84.9 Å². The van der Waals surface area contributed by atoms with Crippen molar-refractivity contribution in [3.63, 3.8) is 0 Å². The summed E-state index contributed by atoms with van der Waals surface area (Å²) in [5, 5.41) is 2.77. The van der Waals surface area contributed by atoms with E-state index in [1.165, 1.54) is 0 Å². The molecule has 1 aliphatic rings. The zero-order chi connectivity index (χ0) is 16.8. The van der Waals surface area contributed by atoms with E-state index in [2.05, 4.69) is 5.32 Å². The number of benzene rings is 1. The Morgan fingerprint density at radius 3 is 2.52 bits per heavy atom. The monoisotopic (exact) mass is 320 g/mol. The number of ether oxygens (including phenoxy) is 2. The summed E-state index contributed by atoms with van der Waals surface area (Å²) in [6.45, 7) is 4.29. The van der Waals surface area contributed by atoms with E-state index in [0.717, 1.165) is 4.90 Å². The van der Waals surface area contributed by atoms with Gasteiger partial charge in [-0.25, -0.2) is 4.90 Å². The molecule has 124 valence electrons. The van der Waals surface area contributed by atoms with Crippen LogP contribution in [0.15, 0.2) is 24.3 Å². The number of carbonyl (C=O) groups excluding carboxylic acids is 3. The number of esters is 1. The highest BCUT2D eigenvalue weighted by atomic mass is 16.5. The minimum absolute atomic E-state index is 0.0193. The van der Waals surface area contributed by atoms with Crippen LogP contribution in [-0.2, 0) is 19.1 Å². The van der Waals surface area contributed by atoms with E-state index >= 15 is 0 Å². The third-order valence-corrected chi connectivity index (χ3v) is 3.35. The summed E-state index contributed by atoms with van der Waals surface area (Å²) in [6.07, 6.45) is 0.0193. The molecule has 0 bridgehead atoms. The Morgan fingerprint density at radius 1 is 1.22 bits per heavy atom. The van der Waals surface area contributed by atoms with Gasteiger partial charge in [0, 0.05) is 0 Å². The van der Waals surface area contributed by atoms with E-state index in [9.17, 15) is 14.4 Å². The predicted octanol–water partition coefficient (Wildman–Crippen LogP) is 0.870. The van der Waals surface area contributed by atoms with Crippen LogP contribution >= 0.6 is 0 Å². The lowest BCUT2D eigenvalue weighted by atomic mass is 10.2. The van der Waals surface area contributed by atoms with E-state index in [0.29, 0.717) is 18.0 Å². The van der Waals surface area contributed by atoms with Gasteiger partial charge in [-0.3, -0.25) is 19.7 Å². The molecular formula is C16H20N2O5. The fourth-order valence-corrected chi connectivity index (χ4v) is 2.34. The lowest BCUT2D eigenvalue weighted by Crippen LogP contribution is -2.41. The van der Waals surface area contributed by atoms with Crippen LogP contribution in [-0.4, -0.2) is 43.6 Å². The molecule has 0 aliphatic carbocycles. The Hall–Kier alpha value is -2.41. The molecule has 0 radical (unpaired) electrons. The van der Waals surface area contributed by atoms with Gasteiger partial charge >= 0.3 is 5.97 Å². The molecule has 1 aliphatic heterocycles. The fraction of sp³-hybridized carbons (Fsp3) is 0.438. The average Bonchev–Trinajstić information content (AvgIpc) is 2.81. The smallest absolute Gasteiger partial charge is 0.319 e. The summed E-state index contributed by atoms with van der Waals surface area (Å²) in [5.74, 6) is -0.455. The number of rotatable bonds is 7. The fourth-order valence-electron chi connectivity index (χ4n) is 2.34. The van der Waals surface area contributed by atoms with Gasteiger partial charge in [-0.1, -0.05) is 0 Å². The molecule has 23 heavy (non-hydrogen) atoms. The van der Waals surface area contributed by atoms with E-state index in [-0.39, 0.29) is 31.4 Å². The minimum Gasteiger partial charge on any atom is -0.494 e. The van der Waals surface area contributed by atoms with E-state index in [1.54, 1.807) is 31.2 Å². The summed E-state index contributed by atoms with van der Waals surface area (Å²) in [5.41, 5.74) is 0.490. The van der Waals surface area contributed by atoms with Gasteiger partial charge < -0.3 is 9.47 Å². The molecule has 7 heteroatoms. The van der Waals surface area contributed by atoms with E-state index in [4.69, 9.17) is 9.47 Å². The molecule has 1 N–H and O–H groups in total. The maximum Gasteiger partial charge on any atom is 0.319 e. The van der Waals surface area contributed by atoms with Gasteiger partial charge in [-0.15, -0.1) is 0 Å². The molecule has 0 spiro atoms. The molecule has 2 rings (SSSR count). The third-order valence-electron chi connectivity index (χ3n) is 3.35. The van der Waals surface area contributed by atoms with Gasteiger partial charge in [0.2, 0.25) is 5.91 Å². The molecule has 1 fully saturated rings. The number of imide groups is 1. The van der Waals surface area contributed by atoms with E-state index in [1.807, 2.05) is 6.92 Å². The maximum atomic E-state index is 12.4. The Kier molecular flexibility index (Phi) is 5.70. The second-order valence-electron chi connectivity index (χ2n) is 4.94. The van der Waals surface area contributed by atoms with Crippen LogP contribution in [0.3, 0.4) is 0 Å². The predicted molar refractivity (Wildman–Crippen MR) is 83.1 cm³/mol.